The van der Waals surface area contributed by atoms with Gasteiger partial charge in [0.05, 0.1) is 17.9 Å². The van der Waals surface area contributed by atoms with Crippen LogP contribution in [0.5, 0.6) is 5.75 Å². The summed E-state index contributed by atoms with van der Waals surface area (Å²) in [5, 5.41) is 5.56. The number of amides is 1. The monoisotopic (exact) mass is 325 g/mol. The van der Waals surface area contributed by atoms with Gasteiger partial charge in [-0.15, -0.1) is 11.3 Å². The molecule has 1 N–H and O–H groups in total. The SMILES string of the molecule is O=C(COc1ccccc1)NCc1csc(-c2ccccn2)n1. The lowest BCUT2D eigenvalue weighted by Gasteiger charge is -2.06. The molecule has 116 valence electrons. The van der Waals surface area contributed by atoms with Gasteiger partial charge in [0, 0.05) is 11.6 Å². The molecule has 0 saturated heterocycles. The van der Waals surface area contributed by atoms with Crippen LogP contribution in [0.3, 0.4) is 0 Å². The maximum Gasteiger partial charge on any atom is 0.258 e. The van der Waals surface area contributed by atoms with Gasteiger partial charge in [-0.1, -0.05) is 24.3 Å². The Bertz CT molecular complexity index is 760. The molecule has 23 heavy (non-hydrogen) atoms. The molecule has 0 saturated carbocycles. The Hall–Kier alpha value is -2.73. The highest BCUT2D eigenvalue weighted by Gasteiger charge is 2.07. The number of carbonyl (C=O) groups excluding carboxylic acids is 1. The molecular formula is C17H15N3O2S. The van der Waals surface area contributed by atoms with Crippen molar-refractivity contribution in [1.82, 2.24) is 15.3 Å². The van der Waals surface area contributed by atoms with Crippen LogP contribution < -0.4 is 10.1 Å². The molecule has 0 bridgehead atoms. The molecule has 0 unspecified atom stereocenters. The quantitative estimate of drug-likeness (QED) is 0.757. The number of para-hydroxylation sites is 1. The molecule has 0 atom stereocenters. The molecule has 2 heterocycles. The van der Waals surface area contributed by atoms with Crippen molar-refractivity contribution in [2.24, 2.45) is 0 Å². The minimum atomic E-state index is -0.179. The van der Waals surface area contributed by atoms with Gasteiger partial charge >= 0.3 is 0 Å². The minimum Gasteiger partial charge on any atom is -0.484 e. The van der Waals surface area contributed by atoms with E-state index in [1.807, 2.05) is 53.9 Å². The van der Waals surface area contributed by atoms with Crippen LogP contribution in [-0.2, 0) is 11.3 Å². The number of aromatic nitrogens is 2. The van der Waals surface area contributed by atoms with Gasteiger partial charge < -0.3 is 10.1 Å². The topological polar surface area (TPSA) is 64.1 Å². The zero-order valence-corrected chi connectivity index (χ0v) is 13.1. The number of hydrogen-bond donors (Lipinski definition) is 1. The Morgan fingerprint density at radius 2 is 1.96 bits per heavy atom. The van der Waals surface area contributed by atoms with Crippen molar-refractivity contribution in [2.45, 2.75) is 6.54 Å². The lowest BCUT2D eigenvalue weighted by Crippen LogP contribution is -2.28. The largest absolute Gasteiger partial charge is 0.484 e. The van der Waals surface area contributed by atoms with E-state index in [0.29, 0.717) is 12.3 Å². The first kappa shape index (κ1) is 15.2. The van der Waals surface area contributed by atoms with Gasteiger partial charge in [0.1, 0.15) is 10.8 Å². The van der Waals surface area contributed by atoms with Crippen molar-refractivity contribution in [1.29, 1.82) is 0 Å². The van der Waals surface area contributed by atoms with Crippen LogP contribution in [-0.4, -0.2) is 22.5 Å². The molecule has 5 nitrogen and oxygen atoms in total. The summed E-state index contributed by atoms with van der Waals surface area (Å²) in [7, 11) is 0. The average molecular weight is 325 g/mol. The number of nitrogens with one attached hydrogen (secondary N) is 1. The van der Waals surface area contributed by atoms with E-state index in [4.69, 9.17) is 4.74 Å². The molecule has 0 radical (unpaired) electrons. The van der Waals surface area contributed by atoms with Crippen molar-refractivity contribution < 1.29 is 9.53 Å². The normalized spacial score (nSPS) is 10.3. The zero-order valence-electron chi connectivity index (χ0n) is 12.3. The smallest absolute Gasteiger partial charge is 0.258 e. The molecule has 0 spiro atoms. The Morgan fingerprint density at radius 3 is 2.74 bits per heavy atom. The highest BCUT2D eigenvalue weighted by Crippen LogP contribution is 2.21. The Morgan fingerprint density at radius 1 is 1.13 bits per heavy atom. The molecule has 2 aromatic heterocycles. The van der Waals surface area contributed by atoms with E-state index in [2.05, 4.69) is 15.3 Å². The Labute approximate surface area is 138 Å². The molecule has 1 amide bonds. The number of ether oxygens (including phenoxy) is 1. The summed E-state index contributed by atoms with van der Waals surface area (Å²) in [6.45, 7) is 0.363. The van der Waals surface area contributed by atoms with Crippen LogP contribution >= 0.6 is 11.3 Å². The average Bonchev–Trinajstić information content (AvgIpc) is 3.09. The number of pyridine rings is 1. The van der Waals surface area contributed by atoms with Crippen molar-refractivity contribution >= 4 is 17.2 Å². The fourth-order valence-electron chi connectivity index (χ4n) is 1.90. The summed E-state index contributed by atoms with van der Waals surface area (Å²) in [6.07, 6.45) is 1.74. The molecule has 0 aliphatic rings. The van der Waals surface area contributed by atoms with Gasteiger partial charge in [0.15, 0.2) is 6.61 Å². The maximum absolute atomic E-state index is 11.8. The third-order valence-electron chi connectivity index (χ3n) is 3.02. The van der Waals surface area contributed by atoms with Crippen LogP contribution in [0.1, 0.15) is 5.69 Å². The summed E-state index contributed by atoms with van der Waals surface area (Å²) in [4.78, 5) is 20.5. The van der Waals surface area contributed by atoms with Gasteiger partial charge in [0.2, 0.25) is 0 Å². The summed E-state index contributed by atoms with van der Waals surface area (Å²) < 4.78 is 5.39. The van der Waals surface area contributed by atoms with Crippen molar-refractivity contribution in [3.8, 4) is 16.5 Å². The third-order valence-corrected chi connectivity index (χ3v) is 3.93. The number of hydrogen-bond acceptors (Lipinski definition) is 5. The van der Waals surface area contributed by atoms with E-state index in [1.54, 1.807) is 6.20 Å². The van der Waals surface area contributed by atoms with E-state index in [1.165, 1.54) is 11.3 Å². The number of benzene rings is 1. The van der Waals surface area contributed by atoms with Crippen LogP contribution in [0.15, 0.2) is 60.1 Å². The number of nitrogens with zero attached hydrogens (tertiary/aromatic N) is 2. The van der Waals surface area contributed by atoms with Crippen molar-refractivity contribution in [3.05, 3.63) is 65.8 Å². The van der Waals surface area contributed by atoms with Gasteiger partial charge in [-0.25, -0.2) is 4.98 Å². The van der Waals surface area contributed by atoms with E-state index in [9.17, 15) is 4.79 Å². The van der Waals surface area contributed by atoms with Crippen molar-refractivity contribution in [3.63, 3.8) is 0 Å². The minimum absolute atomic E-state index is 0.0127. The number of thiazole rings is 1. The predicted octanol–water partition coefficient (Wildman–Crippen LogP) is 2.90. The zero-order chi connectivity index (χ0) is 15.9. The lowest BCUT2D eigenvalue weighted by molar-refractivity contribution is -0.123. The Kier molecular flexibility index (Phi) is 4.95. The molecular weight excluding hydrogens is 310 g/mol. The highest BCUT2D eigenvalue weighted by molar-refractivity contribution is 7.13. The highest BCUT2D eigenvalue weighted by atomic mass is 32.1. The Balaban J connectivity index is 1.49. The van der Waals surface area contributed by atoms with Gasteiger partial charge in [-0.3, -0.25) is 9.78 Å². The molecule has 0 aliphatic heterocycles. The second-order valence-electron chi connectivity index (χ2n) is 4.74. The fourth-order valence-corrected chi connectivity index (χ4v) is 2.70. The van der Waals surface area contributed by atoms with Crippen LogP contribution in [0.25, 0.3) is 10.7 Å². The predicted molar refractivity (Wildman–Crippen MR) is 89.1 cm³/mol. The van der Waals surface area contributed by atoms with E-state index >= 15 is 0 Å². The second kappa shape index (κ2) is 7.51. The lowest BCUT2D eigenvalue weighted by atomic mass is 10.3. The summed E-state index contributed by atoms with van der Waals surface area (Å²) in [5.41, 5.74) is 1.64. The number of carbonyl (C=O) groups is 1. The van der Waals surface area contributed by atoms with E-state index in [-0.39, 0.29) is 12.5 Å². The van der Waals surface area contributed by atoms with Gasteiger partial charge in [0.25, 0.3) is 5.91 Å². The third kappa shape index (κ3) is 4.37. The first-order valence-electron chi connectivity index (χ1n) is 7.11. The van der Waals surface area contributed by atoms with E-state index in [0.717, 1.165) is 16.4 Å². The molecule has 3 aromatic rings. The number of rotatable bonds is 6. The fraction of sp³-hybridized carbons (Fsp3) is 0.118. The standard InChI is InChI=1S/C17H15N3O2S/c21-16(11-22-14-6-2-1-3-7-14)19-10-13-12-23-17(20-13)15-8-4-5-9-18-15/h1-9,12H,10-11H2,(H,19,21). The summed E-state index contributed by atoms with van der Waals surface area (Å²) >= 11 is 1.51. The van der Waals surface area contributed by atoms with E-state index < -0.39 is 0 Å². The maximum atomic E-state index is 11.8. The first-order chi connectivity index (χ1) is 11.3. The van der Waals surface area contributed by atoms with Crippen LogP contribution in [0.2, 0.25) is 0 Å². The van der Waals surface area contributed by atoms with Crippen LogP contribution in [0, 0.1) is 0 Å². The van der Waals surface area contributed by atoms with Crippen molar-refractivity contribution in [2.75, 3.05) is 6.61 Å². The molecule has 0 aliphatic carbocycles. The summed E-state index contributed by atoms with van der Waals surface area (Å²) in [6, 6.07) is 14.9. The van der Waals surface area contributed by atoms with Gasteiger partial charge in [-0.05, 0) is 24.3 Å². The summed E-state index contributed by atoms with van der Waals surface area (Å²) in [5.74, 6) is 0.495. The first-order valence-corrected chi connectivity index (χ1v) is 7.99. The molecule has 3 rings (SSSR count). The molecule has 1 aromatic carbocycles. The molecule has 6 heteroatoms. The van der Waals surface area contributed by atoms with Crippen LogP contribution in [0.4, 0.5) is 0 Å². The molecule has 0 fully saturated rings. The second-order valence-corrected chi connectivity index (χ2v) is 5.60. The van der Waals surface area contributed by atoms with Gasteiger partial charge in [-0.2, -0.15) is 0 Å².